The molecule has 0 spiro atoms. The first kappa shape index (κ1) is 94.1. The number of nitrogens with zero attached hydrogens (tertiary/aromatic N) is 5. The van der Waals surface area contributed by atoms with Gasteiger partial charge in [-0.05, 0) is 223 Å². The number of carbonyl (C=O) groups excluding carboxylic acids is 3. The third-order valence-electron chi connectivity index (χ3n) is 23.9. The largest absolute Gasteiger partial charge is 0.478 e. The number of piperidine rings is 3. The van der Waals surface area contributed by atoms with Crippen molar-refractivity contribution in [3.05, 3.63) is 267 Å². The summed E-state index contributed by atoms with van der Waals surface area (Å²) in [6.07, 6.45) is 21.1. The molecule has 127 heavy (non-hydrogen) atoms. The van der Waals surface area contributed by atoms with Crippen LogP contribution < -0.4 is 15.1 Å². The van der Waals surface area contributed by atoms with Crippen molar-refractivity contribution < 1.29 is 87.9 Å². The second kappa shape index (κ2) is 42.7. The molecule has 3 saturated heterocycles. The molecule has 3 aliphatic heterocycles. The normalized spacial score (nSPS) is 21.0. The predicted molar refractivity (Wildman–Crippen MR) is 484 cm³/mol. The molecule has 6 heterocycles. The molecule has 7 aromatic carbocycles. The first-order valence-electron chi connectivity index (χ1n) is 41.8. The van der Waals surface area contributed by atoms with Crippen LogP contribution in [0, 0.1) is 52.7 Å². The molecular formula is C95H89Cl6F6IN6O13. The zero-order valence-corrected chi connectivity index (χ0v) is 75.6. The molecule has 668 valence electrons. The van der Waals surface area contributed by atoms with E-state index in [0.29, 0.717) is 162 Å². The van der Waals surface area contributed by atoms with Crippen molar-refractivity contribution >= 4 is 147 Å². The summed E-state index contributed by atoms with van der Waals surface area (Å²) in [6, 6.07) is 33.6. The van der Waals surface area contributed by atoms with Crippen LogP contribution in [-0.2, 0) is 57.9 Å². The maximum Gasteiger partial charge on any atom is 0.330 e. The molecule has 0 amide bonds. The Kier molecular flexibility index (Phi) is 31.6. The topological polar surface area (TPSA) is 231 Å². The number of carboxylic acid groups (broad SMARTS) is 1. The highest BCUT2D eigenvalue weighted by Crippen LogP contribution is 2.52. The molecule has 19 rings (SSSR count). The van der Waals surface area contributed by atoms with E-state index in [4.69, 9.17) is 107 Å². The van der Waals surface area contributed by atoms with Crippen LogP contribution in [0.2, 0.25) is 30.1 Å². The predicted octanol–water partition coefficient (Wildman–Crippen LogP) is 24.1. The standard InChI is InChI=1S/C30H29Cl2FN2O4.C28H25Cl2FN2O4.C19H20Cl2N2O2.C11H10F2O2.C7H4F2O.HI/c1-2-37-27(36)11-7-17-6-10-25(24(33)12-17)35-15-19-13-20(35)14-26(19)38-16-21-29(34-39-30(21)18-8-9-18)28-22(31)4-3-5-23(28)32;29-20-2-1-3-21(30)26(20)27-19(28(37-32-27)16-6-7-16)14-36-24-12-18-11-17(24)13-33(18)23-8-4-15(10-22(23)31)5-9-25(34)35;20-14-2-1-3-15(21)17(14)18-13(19(25-23-18)10-4-5-10)9-24-16-7-12-6-11(16)8-22-12;1-2-15-11(14)6-4-8-3-5-9(12)10(13)7-8;8-6-2-1-5(4-10)3-7(6)9;/h3-7,10-12,18-20,26H,2,8-9,13-16H2,1H3;1-5,8-10,16-18,24H,6-7,11-14H2,(H,34,35);1-3,10-12,16,22H,4-9H2;3-7H,2H2,1H3;1-4H;1H/b11-7+;9-5+;;6-4+;;/t19-,20-,26+;17-,18-,24+;11-,12-,16+;;;/m000.../s1. The van der Waals surface area contributed by atoms with Crippen LogP contribution in [0.25, 0.3) is 52.0 Å². The van der Waals surface area contributed by atoms with Gasteiger partial charge in [0.05, 0.1) is 92.9 Å². The van der Waals surface area contributed by atoms with Crippen LogP contribution in [-0.4, -0.2) is 114 Å². The van der Waals surface area contributed by atoms with Gasteiger partial charge in [-0.2, -0.15) is 0 Å². The van der Waals surface area contributed by atoms with Gasteiger partial charge in [0.15, 0.2) is 23.3 Å². The Hall–Kier alpha value is -9.04. The summed E-state index contributed by atoms with van der Waals surface area (Å²) in [5.74, 6) is -1.40. The maximum atomic E-state index is 15.1. The Morgan fingerprint density at radius 3 is 1.10 bits per heavy atom. The molecular weight excluding hydrogens is 1890 g/mol. The number of benzene rings is 7. The van der Waals surface area contributed by atoms with E-state index < -0.39 is 41.2 Å². The fourth-order valence-corrected chi connectivity index (χ4v) is 19.0. The van der Waals surface area contributed by atoms with Crippen molar-refractivity contribution in [2.45, 2.75) is 165 Å². The van der Waals surface area contributed by atoms with Crippen LogP contribution in [0.4, 0.5) is 37.7 Å². The number of aldehydes is 1. The number of nitrogens with one attached hydrogen (secondary N) is 1. The maximum absolute atomic E-state index is 15.1. The Morgan fingerprint density at radius 1 is 0.449 bits per heavy atom. The molecule has 0 unspecified atom stereocenters. The number of aromatic nitrogens is 3. The van der Waals surface area contributed by atoms with E-state index >= 15 is 4.39 Å². The van der Waals surface area contributed by atoms with Crippen LogP contribution in [0.1, 0.15) is 170 Å². The first-order chi connectivity index (χ1) is 60.9. The lowest BCUT2D eigenvalue weighted by Crippen LogP contribution is -2.39. The minimum atomic E-state index is -1.06. The number of carbonyl (C=O) groups is 4. The Labute approximate surface area is 776 Å². The lowest BCUT2D eigenvalue weighted by molar-refractivity contribution is -0.138. The third kappa shape index (κ3) is 22.9. The molecule has 10 aromatic rings. The number of aliphatic carboxylic acids is 1. The van der Waals surface area contributed by atoms with E-state index in [1.54, 1.807) is 68.5 Å². The highest BCUT2D eigenvalue weighted by Gasteiger charge is 2.49. The Bertz CT molecular complexity index is 5690. The summed E-state index contributed by atoms with van der Waals surface area (Å²) in [5, 5.41) is 28.6. The smallest absolute Gasteiger partial charge is 0.330 e. The molecule has 6 saturated carbocycles. The highest BCUT2D eigenvalue weighted by atomic mass is 127. The molecule has 9 aliphatic rings. The second-order valence-electron chi connectivity index (χ2n) is 32.4. The van der Waals surface area contributed by atoms with E-state index in [1.165, 1.54) is 48.9 Å². The van der Waals surface area contributed by atoms with E-state index in [1.807, 2.05) is 30.3 Å². The Balaban J connectivity index is 0.000000137. The fraction of sp³-hybridized carbons (Fsp3) is 0.358. The van der Waals surface area contributed by atoms with Crippen molar-refractivity contribution in [3.8, 4) is 33.8 Å². The third-order valence-corrected chi connectivity index (χ3v) is 25.8. The molecule has 6 bridgehead atoms. The molecule has 3 aromatic heterocycles. The van der Waals surface area contributed by atoms with Gasteiger partial charge in [-0.3, -0.25) is 4.79 Å². The number of fused-ring (bicyclic) bond motifs is 6. The van der Waals surface area contributed by atoms with Gasteiger partial charge in [0.2, 0.25) is 0 Å². The number of hydrogen-bond donors (Lipinski definition) is 2. The second-order valence-corrected chi connectivity index (χ2v) is 34.9. The molecule has 32 heteroatoms. The van der Waals surface area contributed by atoms with Crippen molar-refractivity contribution in [2.24, 2.45) is 17.8 Å². The SMILES string of the molecule is CCOC(=O)/C=C/c1ccc(F)c(F)c1.CCOC(=O)/C=C/c1ccc(N2C[C@@H]3C[C@H]2C[C@H]3OCc2c(-c3c(Cl)cccc3Cl)noc2C2CC2)c(F)c1.Clc1cccc(Cl)c1-c1noc(C2CC2)c1CO[C@@H]1C[C@@H]2C[C@H]1CN2.I.O=C(O)/C=C/c1ccc(N2C[C@@H]3C[C@H]2C[C@H]3OCc2c(-c3c(Cl)cccc3Cl)noc2C2CC2)c(F)c1.O=Cc1ccc(F)c(F)c1. The van der Waals surface area contributed by atoms with E-state index in [-0.39, 0.29) is 78.0 Å². The summed E-state index contributed by atoms with van der Waals surface area (Å²) in [7, 11) is 0. The van der Waals surface area contributed by atoms with Gasteiger partial charge in [-0.1, -0.05) is 121 Å². The molecule has 6 aliphatic carbocycles. The first-order valence-corrected chi connectivity index (χ1v) is 44.1. The molecule has 2 N–H and O–H groups in total. The van der Waals surface area contributed by atoms with E-state index in [2.05, 4.69) is 35.3 Å². The van der Waals surface area contributed by atoms with Gasteiger partial charge in [0.1, 0.15) is 52.3 Å². The van der Waals surface area contributed by atoms with Crippen molar-refractivity contribution in [2.75, 3.05) is 42.6 Å². The summed E-state index contributed by atoms with van der Waals surface area (Å²) in [4.78, 5) is 47.4. The van der Waals surface area contributed by atoms with Crippen LogP contribution in [0.15, 0.2) is 159 Å². The lowest BCUT2D eigenvalue weighted by Gasteiger charge is -2.33. The van der Waals surface area contributed by atoms with Crippen molar-refractivity contribution in [1.29, 1.82) is 0 Å². The number of ether oxygens (including phenoxy) is 5. The van der Waals surface area contributed by atoms with Gasteiger partial charge in [-0.15, -0.1) is 24.0 Å². The van der Waals surface area contributed by atoms with Gasteiger partial charge < -0.3 is 57.5 Å². The number of carboxylic acids is 1. The van der Waals surface area contributed by atoms with Crippen molar-refractivity contribution in [1.82, 2.24) is 20.8 Å². The van der Waals surface area contributed by atoms with E-state index in [0.717, 1.165) is 165 Å². The van der Waals surface area contributed by atoms with Crippen LogP contribution in [0.5, 0.6) is 0 Å². The minimum absolute atomic E-state index is 0. The van der Waals surface area contributed by atoms with Crippen LogP contribution in [0.3, 0.4) is 0 Å². The fourth-order valence-electron chi connectivity index (χ4n) is 17.3. The highest BCUT2D eigenvalue weighted by molar-refractivity contribution is 14.0. The van der Waals surface area contributed by atoms with Gasteiger partial charge in [0.25, 0.3) is 0 Å². The average molecular weight is 1980 g/mol. The van der Waals surface area contributed by atoms with Gasteiger partial charge in [0, 0.05) is 125 Å². The quantitative estimate of drug-likeness (QED) is 0.0169. The van der Waals surface area contributed by atoms with Crippen molar-refractivity contribution in [3.63, 3.8) is 0 Å². The summed E-state index contributed by atoms with van der Waals surface area (Å²) in [6.45, 7) is 7.76. The number of halogens is 13. The monoisotopic (exact) mass is 1970 g/mol. The zero-order chi connectivity index (χ0) is 88.6. The Morgan fingerprint density at radius 2 is 0.795 bits per heavy atom. The number of rotatable bonds is 26. The molecule has 0 radical (unpaired) electrons. The molecule has 9 atom stereocenters. The molecule has 9 fully saturated rings. The van der Waals surface area contributed by atoms with Crippen LogP contribution >= 0.6 is 93.6 Å². The number of esters is 2. The summed E-state index contributed by atoms with van der Waals surface area (Å²) >= 11 is 38.7. The number of hydrogen-bond acceptors (Lipinski definition) is 18. The molecule has 19 nitrogen and oxygen atoms in total. The van der Waals surface area contributed by atoms with Gasteiger partial charge >= 0.3 is 17.9 Å². The van der Waals surface area contributed by atoms with E-state index in [9.17, 15) is 41.1 Å². The zero-order valence-electron chi connectivity index (χ0n) is 68.8. The summed E-state index contributed by atoms with van der Waals surface area (Å²) < 4.78 is 126. The van der Waals surface area contributed by atoms with Gasteiger partial charge in [-0.25, -0.2) is 40.7 Å². The lowest BCUT2D eigenvalue weighted by atomic mass is 10.0. The summed E-state index contributed by atoms with van der Waals surface area (Å²) in [5.41, 5.74) is 9.76. The average Bonchev–Trinajstić information content (AvgIpc) is 1.63. The minimum Gasteiger partial charge on any atom is -0.478 e. The number of anilines is 2.